The van der Waals surface area contributed by atoms with Crippen molar-refractivity contribution in [3.63, 3.8) is 0 Å². The zero-order valence-corrected chi connectivity index (χ0v) is 15.3. The zero-order valence-electron chi connectivity index (χ0n) is 14.5. The van der Waals surface area contributed by atoms with E-state index in [1.54, 1.807) is 11.3 Å². The van der Waals surface area contributed by atoms with Gasteiger partial charge in [-0.3, -0.25) is 9.20 Å². The van der Waals surface area contributed by atoms with Gasteiger partial charge in [0, 0.05) is 35.9 Å². The quantitative estimate of drug-likeness (QED) is 0.679. The van der Waals surface area contributed by atoms with Crippen molar-refractivity contribution in [2.45, 2.75) is 33.6 Å². The van der Waals surface area contributed by atoms with Gasteiger partial charge in [0.2, 0.25) is 5.91 Å². The Kier molecular flexibility index (Phi) is 5.00. The Labute approximate surface area is 146 Å². The van der Waals surface area contributed by atoms with Gasteiger partial charge < -0.3 is 4.90 Å². The fourth-order valence-electron chi connectivity index (χ4n) is 2.85. The molecule has 0 saturated carbocycles. The summed E-state index contributed by atoms with van der Waals surface area (Å²) >= 11 is 1.59. The number of amides is 1. The number of carbonyl (C=O) groups excluding carboxylic acids is 1. The largest absolute Gasteiger partial charge is 0.343 e. The maximum atomic E-state index is 12.4. The minimum atomic E-state index is 0.169. The zero-order chi connectivity index (χ0) is 17.1. The highest BCUT2D eigenvalue weighted by atomic mass is 32.1. The van der Waals surface area contributed by atoms with E-state index in [0.717, 1.165) is 41.4 Å². The minimum Gasteiger partial charge on any atom is -0.343 e. The molecule has 0 aliphatic carbocycles. The van der Waals surface area contributed by atoms with Crippen LogP contribution in [0.15, 0.2) is 35.8 Å². The summed E-state index contributed by atoms with van der Waals surface area (Å²) in [5.41, 5.74) is 4.41. The van der Waals surface area contributed by atoms with Crippen molar-refractivity contribution in [2.75, 3.05) is 13.1 Å². The van der Waals surface area contributed by atoms with Gasteiger partial charge in [-0.25, -0.2) is 4.98 Å². The van der Waals surface area contributed by atoms with E-state index < -0.39 is 0 Å². The SMILES string of the molecule is CCc1ccc(-c2cn3c(CC(=O)N(CC)CC)csc3n2)cc1. The number of aryl methyl sites for hydroxylation is 1. The van der Waals surface area contributed by atoms with E-state index in [-0.39, 0.29) is 5.91 Å². The first-order valence-electron chi connectivity index (χ1n) is 8.48. The summed E-state index contributed by atoms with van der Waals surface area (Å²) in [7, 11) is 0. The lowest BCUT2D eigenvalue weighted by atomic mass is 10.1. The minimum absolute atomic E-state index is 0.169. The molecule has 0 spiro atoms. The smallest absolute Gasteiger partial charge is 0.228 e. The predicted octanol–water partition coefficient (Wildman–Crippen LogP) is 4.04. The molecule has 0 fully saturated rings. The third kappa shape index (κ3) is 3.22. The first-order chi connectivity index (χ1) is 11.7. The monoisotopic (exact) mass is 341 g/mol. The molecule has 1 aromatic carbocycles. The number of likely N-dealkylation sites (N-methyl/N-ethyl adjacent to an activating group) is 1. The number of carbonyl (C=O) groups is 1. The molecule has 0 N–H and O–H groups in total. The van der Waals surface area contributed by atoms with Crippen LogP contribution in [-0.4, -0.2) is 33.3 Å². The third-order valence-electron chi connectivity index (χ3n) is 4.39. The van der Waals surface area contributed by atoms with Gasteiger partial charge in [-0.2, -0.15) is 0 Å². The summed E-state index contributed by atoms with van der Waals surface area (Å²) in [6.45, 7) is 7.68. The molecule has 0 bridgehead atoms. The van der Waals surface area contributed by atoms with Crippen molar-refractivity contribution in [3.05, 3.63) is 47.1 Å². The van der Waals surface area contributed by atoms with Crippen LogP contribution < -0.4 is 0 Å². The number of thiazole rings is 1. The van der Waals surface area contributed by atoms with Crippen LogP contribution in [0.1, 0.15) is 32.0 Å². The highest BCUT2D eigenvalue weighted by Crippen LogP contribution is 2.24. The molecule has 0 atom stereocenters. The van der Waals surface area contributed by atoms with Crippen molar-refractivity contribution in [2.24, 2.45) is 0 Å². The van der Waals surface area contributed by atoms with Gasteiger partial charge in [-0.1, -0.05) is 31.2 Å². The standard InChI is InChI=1S/C19H23N3OS/c1-4-14-7-9-15(10-8-14)17-12-22-16(13-24-19(22)20-17)11-18(23)21(5-2)6-3/h7-10,12-13H,4-6,11H2,1-3H3. The summed E-state index contributed by atoms with van der Waals surface area (Å²) in [4.78, 5) is 19.9. The van der Waals surface area contributed by atoms with E-state index in [2.05, 4.69) is 35.6 Å². The van der Waals surface area contributed by atoms with Crippen LogP contribution in [0.25, 0.3) is 16.2 Å². The Balaban J connectivity index is 1.87. The number of rotatable bonds is 6. The molecule has 4 nitrogen and oxygen atoms in total. The van der Waals surface area contributed by atoms with E-state index in [9.17, 15) is 4.79 Å². The normalized spacial score (nSPS) is 11.1. The lowest BCUT2D eigenvalue weighted by molar-refractivity contribution is -0.130. The summed E-state index contributed by atoms with van der Waals surface area (Å²) in [6.07, 6.45) is 3.50. The fraction of sp³-hybridized carbons (Fsp3) is 0.368. The van der Waals surface area contributed by atoms with E-state index in [1.165, 1.54) is 5.56 Å². The second-order valence-corrected chi connectivity index (χ2v) is 6.64. The Hall–Kier alpha value is -2.14. The molecule has 24 heavy (non-hydrogen) atoms. The molecule has 2 heterocycles. The summed E-state index contributed by atoms with van der Waals surface area (Å²) in [5, 5.41) is 2.04. The molecule has 0 aliphatic heterocycles. The molecule has 5 heteroatoms. The van der Waals surface area contributed by atoms with Gasteiger partial charge in [-0.15, -0.1) is 11.3 Å². The molecule has 2 aromatic heterocycles. The number of imidazole rings is 1. The van der Waals surface area contributed by atoms with Crippen molar-refractivity contribution in [3.8, 4) is 11.3 Å². The Morgan fingerprint density at radius 1 is 1.17 bits per heavy atom. The van der Waals surface area contributed by atoms with Gasteiger partial charge in [0.15, 0.2) is 4.96 Å². The van der Waals surface area contributed by atoms with Crippen molar-refractivity contribution < 1.29 is 4.79 Å². The highest BCUT2D eigenvalue weighted by Gasteiger charge is 2.15. The van der Waals surface area contributed by atoms with Crippen molar-refractivity contribution in [1.82, 2.24) is 14.3 Å². The molecule has 0 aliphatic rings. The number of hydrogen-bond acceptors (Lipinski definition) is 3. The summed E-state index contributed by atoms with van der Waals surface area (Å²) < 4.78 is 2.05. The van der Waals surface area contributed by atoms with Crippen LogP contribution in [0.4, 0.5) is 0 Å². The van der Waals surface area contributed by atoms with Gasteiger partial charge >= 0.3 is 0 Å². The number of fused-ring (bicyclic) bond motifs is 1. The fourth-order valence-corrected chi connectivity index (χ4v) is 3.72. The van der Waals surface area contributed by atoms with Gasteiger partial charge in [0.05, 0.1) is 12.1 Å². The number of hydrogen-bond donors (Lipinski definition) is 0. The van der Waals surface area contributed by atoms with Gasteiger partial charge in [0.1, 0.15) is 0 Å². The predicted molar refractivity (Wildman–Crippen MR) is 99.5 cm³/mol. The third-order valence-corrected chi connectivity index (χ3v) is 5.28. The molecule has 126 valence electrons. The van der Waals surface area contributed by atoms with Crippen LogP contribution in [0.5, 0.6) is 0 Å². The van der Waals surface area contributed by atoms with Crippen LogP contribution in [0.2, 0.25) is 0 Å². The van der Waals surface area contributed by atoms with Gasteiger partial charge in [0.25, 0.3) is 0 Å². The number of benzene rings is 1. The maximum Gasteiger partial charge on any atom is 0.228 e. The molecular formula is C19H23N3OS. The summed E-state index contributed by atoms with van der Waals surface area (Å²) in [6, 6.07) is 8.53. The average molecular weight is 341 g/mol. The number of aromatic nitrogens is 2. The first-order valence-corrected chi connectivity index (χ1v) is 9.36. The van der Waals surface area contributed by atoms with E-state index in [1.807, 2.05) is 30.3 Å². The molecule has 0 saturated heterocycles. The molecule has 3 aromatic rings. The lowest BCUT2D eigenvalue weighted by Crippen LogP contribution is -2.32. The van der Waals surface area contributed by atoms with E-state index in [4.69, 9.17) is 4.98 Å². The maximum absolute atomic E-state index is 12.4. The molecule has 0 radical (unpaired) electrons. The van der Waals surface area contributed by atoms with Crippen molar-refractivity contribution >= 4 is 22.2 Å². The lowest BCUT2D eigenvalue weighted by Gasteiger charge is -2.18. The van der Waals surface area contributed by atoms with Gasteiger partial charge in [-0.05, 0) is 25.8 Å². The van der Waals surface area contributed by atoms with Crippen LogP contribution in [0.3, 0.4) is 0 Å². The first kappa shape index (κ1) is 16.7. The second-order valence-electron chi connectivity index (χ2n) is 5.80. The number of nitrogens with zero attached hydrogens (tertiary/aromatic N) is 3. The summed E-state index contributed by atoms with van der Waals surface area (Å²) in [5.74, 6) is 0.169. The second kappa shape index (κ2) is 7.18. The average Bonchev–Trinajstić information content (AvgIpc) is 3.18. The van der Waals surface area contributed by atoms with E-state index in [0.29, 0.717) is 6.42 Å². The van der Waals surface area contributed by atoms with Crippen LogP contribution in [-0.2, 0) is 17.6 Å². The Bertz CT molecular complexity index is 828. The molecular weight excluding hydrogens is 318 g/mol. The molecule has 3 rings (SSSR count). The van der Waals surface area contributed by atoms with Crippen LogP contribution >= 0.6 is 11.3 Å². The Morgan fingerprint density at radius 3 is 2.50 bits per heavy atom. The molecule has 0 unspecified atom stereocenters. The molecule has 1 amide bonds. The van der Waals surface area contributed by atoms with Crippen LogP contribution in [0, 0.1) is 0 Å². The topological polar surface area (TPSA) is 37.6 Å². The Morgan fingerprint density at radius 2 is 1.88 bits per heavy atom. The highest BCUT2D eigenvalue weighted by molar-refractivity contribution is 7.15. The van der Waals surface area contributed by atoms with E-state index >= 15 is 0 Å². The van der Waals surface area contributed by atoms with Crippen molar-refractivity contribution in [1.29, 1.82) is 0 Å².